The Morgan fingerprint density at radius 2 is 2.03 bits per heavy atom. The van der Waals surface area contributed by atoms with Gasteiger partial charge in [0.25, 0.3) is 0 Å². The van der Waals surface area contributed by atoms with Crippen LogP contribution in [-0.2, 0) is 17.4 Å². The molecule has 0 saturated carbocycles. The fraction of sp³-hybridized carbons (Fsp3) is 0.318. The van der Waals surface area contributed by atoms with E-state index in [-0.39, 0.29) is 18.3 Å². The highest BCUT2D eigenvalue weighted by Gasteiger charge is 2.32. The number of amides is 1. The molecule has 29 heavy (non-hydrogen) atoms. The van der Waals surface area contributed by atoms with Gasteiger partial charge in [-0.3, -0.25) is 4.79 Å². The van der Waals surface area contributed by atoms with Crippen molar-refractivity contribution in [3.63, 3.8) is 0 Å². The van der Waals surface area contributed by atoms with Gasteiger partial charge in [0, 0.05) is 17.3 Å². The quantitative estimate of drug-likeness (QED) is 0.703. The minimum atomic E-state index is -4.45. The Morgan fingerprint density at radius 3 is 2.83 bits per heavy atom. The predicted molar refractivity (Wildman–Crippen MR) is 103 cm³/mol. The number of ether oxygens (including phenoxy) is 1. The lowest BCUT2D eigenvalue weighted by Gasteiger charge is -2.13. The van der Waals surface area contributed by atoms with Gasteiger partial charge in [0.1, 0.15) is 5.75 Å². The number of alkyl halides is 3. The molecule has 4 nitrogen and oxygen atoms in total. The van der Waals surface area contributed by atoms with Crippen molar-refractivity contribution in [1.29, 1.82) is 0 Å². The first kappa shape index (κ1) is 19.5. The number of benzene rings is 2. The largest absolute Gasteiger partial charge is 0.493 e. The lowest BCUT2D eigenvalue weighted by molar-refractivity contribution is -0.137. The molecule has 2 aliphatic rings. The first-order valence-electron chi connectivity index (χ1n) is 9.49. The van der Waals surface area contributed by atoms with Crippen LogP contribution in [0.3, 0.4) is 0 Å². The van der Waals surface area contributed by atoms with Crippen molar-refractivity contribution in [2.45, 2.75) is 38.0 Å². The highest BCUT2D eigenvalue weighted by atomic mass is 19.4. The number of carbonyl (C=O) groups excluding carboxylic acids is 1. The fourth-order valence-electron chi connectivity index (χ4n) is 3.89. The van der Waals surface area contributed by atoms with Gasteiger partial charge < -0.3 is 15.2 Å². The summed E-state index contributed by atoms with van der Waals surface area (Å²) >= 11 is 0. The molecule has 2 aromatic carbocycles. The molecule has 1 unspecified atom stereocenters. The van der Waals surface area contributed by atoms with Crippen LogP contribution in [0.2, 0.25) is 0 Å². The molecule has 4 rings (SSSR count). The molecule has 1 aliphatic heterocycles. The summed E-state index contributed by atoms with van der Waals surface area (Å²) in [4.78, 5) is 12.6. The van der Waals surface area contributed by atoms with Gasteiger partial charge in [-0.25, -0.2) is 0 Å². The number of nitrogens with one attached hydrogen (secondary N) is 1. The minimum Gasteiger partial charge on any atom is -0.493 e. The highest BCUT2D eigenvalue weighted by molar-refractivity contribution is 6.05. The molecule has 0 spiro atoms. The van der Waals surface area contributed by atoms with Crippen molar-refractivity contribution >= 4 is 17.2 Å². The van der Waals surface area contributed by atoms with Crippen molar-refractivity contribution in [3.05, 3.63) is 64.7 Å². The zero-order valence-electron chi connectivity index (χ0n) is 15.6. The second kappa shape index (κ2) is 7.55. The maximum absolute atomic E-state index is 13.0. The van der Waals surface area contributed by atoms with Crippen LogP contribution in [0.1, 0.15) is 47.6 Å². The van der Waals surface area contributed by atoms with E-state index in [0.717, 1.165) is 23.3 Å². The van der Waals surface area contributed by atoms with Gasteiger partial charge in [0.2, 0.25) is 5.91 Å². The van der Waals surface area contributed by atoms with Gasteiger partial charge in [0.15, 0.2) is 0 Å². The van der Waals surface area contributed by atoms with E-state index < -0.39 is 17.8 Å². The molecule has 2 aromatic rings. The molecule has 2 N–H and O–H groups in total. The van der Waals surface area contributed by atoms with E-state index in [2.05, 4.69) is 5.32 Å². The van der Waals surface area contributed by atoms with Crippen LogP contribution in [0, 0.1) is 0 Å². The van der Waals surface area contributed by atoms with Crippen molar-refractivity contribution < 1.29 is 27.8 Å². The Labute approximate surface area is 166 Å². The van der Waals surface area contributed by atoms with Crippen molar-refractivity contribution in [2.75, 3.05) is 11.9 Å². The van der Waals surface area contributed by atoms with Crippen molar-refractivity contribution in [1.82, 2.24) is 0 Å². The fourth-order valence-corrected chi connectivity index (χ4v) is 3.89. The molecular weight excluding hydrogens is 383 g/mol. The lowest BCUT2D eigenvalue weighted by atomic mass is 9.99. The van der Waals surface area contributed by atoms with Gasteiger partial charge in [-0.05, 0) is 60.6 Å². The van der Waals surface area contributed by atoms with Crippen molar-refractivity contribution in [3.8, 4) is 5.75 Å². The second-order valence-electron chi connectivity index (χ2n) is 7.25. The summed E-state index contributed by atoms with van der Waals surface area (Å²) in [7, 11) is 0. The topological polar surface area (TPSA) is 58.6 Å². The van der Waals surface area contributed by atoms with Crippen LogP contribution in [0.4, 0.5) is 18.9 Å². The SMILES string of the molecule is O=C(/C=C1\CCCOc2cc(C(F)(F)F)ccc21)Nc1cccc2c1CCC2O. The predicted octanol–water partition coefficient (Wildman–Crippen LogP) is 4.88. The standard InChI is InChI=1S/C22H20F3NO3/c23-22(24,25)14-6-7-15-13(3-2-10-29-20(15)12-14)11-21(28)26-18-5-1-4-17-16(18)8-9-19(17)27/h1,4-7,11-12,19,27H,2-3,8-10H2,(H,26,28)/b13-11+. The number of allylic oxidation sites excluding steroid dienone is 1. The van der Waals surface area contributed by atoms with E-state index in [0.29, 0.717) is 42.5 Å². The Balaban J connectivity index is 1.61. The first-order chi connectivity index (χ1) is 13.8. The molecule has 1 atom stereocenters. The van der Waals surface area contributed by atoms with E-state index in [1.54, 1.807) is 12.1 Å². The third kappa shape index (κ3) is 4.00. The summed E-state index contributed by atoms with van der Waals surface area (Å²) in [5, 5.41) is 12.9. The molecule has 0 fully saturated rings. The van der Waals surface area contributed by atoms with Crippen LogP contribution in [0.15, 0.2) is 42.5 Å². The van der Waals surface area contributed by atoms with Gasteiger partial charge in [0.05, 0.1) is 18.3 Å². The van der Waals surface area contributed by atoms with Gasteiger partial charge in [-0.1, -0.05) is 18.2 Å². The maximum Gasteiger partial charge on any atom is 0.416 e. The van der Waals surface area contributed by atoms with Crippen molar-refractivity contribution in [2.24, 2.45) is 0 Å². The van der Waals surface area contributed by atoms with Crippen LogP contribution in [-0.4, -0.2) is 17.6 Å². The van der Waals surface area contributed by atoms with Crippen LogP contribution < -0.4 is 10.1 Å². The number of carbonyl (C=O) groups is 1. The summed E-state index contributed by atoms with van der Waals surface area (Å²) < 4.78 is 44.5. The third-order valence-electron chi connectivity index (χ3n) is 5.31. The Kier molecular flexibility index (Phi) is 5.08. The third-order valence-corrected chi connectivity index (χ3v) is 5.31. The molecule has 0 aromatic heterocycles. The molecule has 1 amide bonds. The summed E-state index contributed by atoms with van der Waals surface area (Å²) in [6.45, 7) is 0.289. The average molecular weight is 403 g/mol. The van der Waals surface area contributed by atoms with E-state index in [1.165, 1.54) is 12.1 Å². The Morgan fingerprint density at radius 1 is 1.21 bits per heavy atom. The van der Waals surface area contributed by atoms with E-state index >= 15 is 0 Å². The number of aliphatic hydroxyl groups excluding tert-OH is 1. The summed E-state index contributed by atoms with van der Waals surface area (Å²) in [6, 6.07) is 8.76. The summed E-state index contributed by atoms with van der Waals surface area (Å²) in [5.41, 5.74) is 2.75. The maximum atomic E-state index is 13.0. The number of rotatable bonds is 2. The van der Waals surface area contributed by atoms with Crippen LogP contribution >= 0.6 is 0 Å². The molecule has 152 valence electrons. The van der Waals surface area contributed by atoms with Gasteiger partial charge >= 0.3 is 6.18 Å². The number of halogens is 3. The zero-order chi connectivity index (χ0) is 20.6. The number of aliphatic hydroxyl groups is 1. The molecule has 7 heteroatoms. The van der Waals surface area contributed by atoms with E-state index in [4.69, 9.17) is 4.74 Å². The summed E-state index contributed by atoms with van der Waals surface area (Å²) in [6.07, 6.45) is -1.13. The van der Waals surface area contributed by atoms with Gasteiger partial charge in [-0.15, -0.1) is 0 Å². The highest BCUT2D eigenvalue weighted by Crippen LogP contribution is 2.38. The first-order valence-corrected chi connectivity index (χ1v) is 9.49. The molecule has 0 radical (unpaired) electrons. The zero-order valence-corrected chi connectivity index (χ0v) is 15.6. The number of hydrogen-bond donors (Lipinski definition) is 2. The summed E-state index contributed by atoms with van der Waals surface area (Å²) in [5.74, 6) is -0.220. The second-order valence-corrected chi connectivity index (χ2v) is 7.25. The molecule has 1 heterocycles. The molecular formula is C22H20F3NO3. The Hall–Kier alpha value is -2.80. The average Bonchev–Trinajstić information content (AvgIpc) is 2.94. The molecule has 1 aliphatic carbocycles. The minimum absolute atomic E-state index is 0.139. The normalized spacial score (nSPS) is 19.9. The smallest absolute Gasteiger partial charge is 0.416 e. The molecule has 0 bridgehead atoms. The van der Waals surface area contributed by atoms with Crippen LogP contribution in [0.25, 0.3) is 5.57 Å². The van der Waals surface area contributed by atoms with Gasteiger partial charge in [-0.2, -0.15) is 13.2 Å². The lowest BCUT2D eigenvalue weighted by Crippen LogP contribution is -2.11. The number of anilines is 1. The molecule has 0 saturated heterocycles. The Bertz CT molecular complexity index is 982. The number of fused-ring (bicyclic) bond motifs is 2. The number of hydrogen-bond acceptors (Lipinski definition) is 3. The van der Waals surface area contributed by atoms with E-state index in [1.807, 2.05) is 6.07 Å². The van der Waals surface area contributed by atoms with Crippen LogP contribution in [0.5, 0.6) is 5.75 Å². The monoisotopic (exact) mass is 403 g/mol. The van der Waals surface area contributed by atoms with E-state index in [9.17, 15) is 23.1 Å².